The first-order chi connectivity index (χ1) is 12.0. The van der Waals surface area contributed by atoms with E-state index in [-0.39, 0.29) is 31.0 Å². The number of likely N-dealkylation sites (tertiary alicyclic amines) is 1. The topological polar surface area (TPSA) is 59.5 Å². The van der Waals surface area contributed by atoms with Crippen molar-refractivity contribution in [2.24, 2.45) is 0 Å². The molecule has 0 spiro atoms. The Bertz CT molecular complexity index is 717. The molecule has 1 saturated heterocycles. The minimum Gasteiger partial charge on any atom is -0.455 e. The van der Waals surface area contributed by atoms with E-state index in [4.69, 9.17) is 4.74 Å². The van der Waals surface area contributed by atoms with Crippen LogP contribution in [0.15, 0.2) is 22.2 Å². The van der Waals surface area contributed by atoms with Crippen molar-refractivity contribution in [2.75, 3.05) is 6.61 Å². The number of carbonyl (C=O) groups is 2. The van der Waals surface area contributed by atoms with E-state index in [2.05, 4.69) is 18.8 Å². The number of thiazole rings is 1. The van der Waals surface area contributed by atoms with Crippen LogP contribution in [0.25, 0.3) is 10.6 Å². The summed E-state index contributed by atoms with van der Waals surface area (Å²) in [5.41, 5.74) is 1.75. The first-order valence-corrected chi connectivity index (χ1v) is 10.3. The second-order valence-corrected chi connectivity index (χ2v) is 8.06. The zero-order valence-electron chi connectivity index (χ0n) is 14.4. The van der Waals surface area contributed by atoms with E-state index in [1.807, 2.05) is 27.1 Å². The summed E-state index contributed by atoms with van der Waals surface area (Å²) >= 11 is 3.13. The van der Waals surface area contributed by atoms with Crippen molar-refractivity contribution in [1.29, 1.82) is 0 Å². The lowest BCUT2D eigenvalue weighted by Crippen LogP contribution is -2.49. The molecular weight excluding hydrogens is 356 g/mol. The summed E-state index contributed by atoms with van der Waals surface area (Å²) in [5.74, 6) is -0.516. The molecule has 0 aliphatic carbocycles. The van der Waals surface area contributed by atoms with E-state index < -0.39 is 5.97 Å². The second-order valence-electron chi connectivity index (χ2n) is 6.42. The van der Waals surface area contributed by atoms with E-state index >= 15 is 0 Å². The fraction of sp³-hybridized carbons (Fsp3) is 0.500. The lowest BCUT2D eigenvalue weighted by atomic mass is 9.97. The van der Waals surface area contributed by atoms with Gasteiger partial charge >= 0.3 is 5.97 Å². The van der Waals surface area contributed by atoms with Gasteiger partial charge in [0.2, 0.25) is 0 Å². The molecule has 1 amide bonds. The molecule has 0 bridgehead atoms. The lowest BCUT2D eigenvalue weighted by molar-refractivity contribution is -0.154. The van der Waals surface area contributed by atoms with Gasteiger partial charge in [0.15, 0.2) is 6.61 Å². The highest BCUT2D eigenvalue weighted by molar-refractivity contribution is 7.14. The molecule has 5 nitrogen and oxygen atoms in total. The summed E-state index contributed by atoms with van der Waals surface area (Å²) in [5, 5.41) is 6.79. The number of rotatable bonds is 5. The number of aromatic nitrogens is 1. The highest BCUT2D eigenvalue weighted by atomic mass is 32.1. The van der Waals surface area contributed by atoms with Gasteiger partial charge in [-0.1, -0.05) is 0 Å². The van der Waals surface area contributed by atoms with Crippen LogP contribution in [0.4, 0.5) is 0 Å². The molecule has 3 rings (SSSR count). The first-order valence-electron chi connectivity index (χ1n) is 8.48. The van der Waals surface area contributed by atoms with Gasteiger partial charge in [0.05, 0.1) is 12.1 Å². The Balaban J connectivity index is 1.50. The molecule has 2 atom stereocenters. The van der Waals surface area contributed by atoms with Gasteiger partial charge in [-0.15, -0.1) is 11.3 Å². The molecule has 2 aromatic rings. The van der Waals surface area contributed by atoms with Crippen molar-refractivity contribution in [2.45, 2.75) is 51.6 Å². The maximum atomic E-state index is 12.4. The fourth-order valence-corrected chi connectivity index (χ4v) is 4.77. The Morgan fingerprint density at radius 3 is 2.72 bits per heavy atom. The fourth-order valence-electron chi connectivity index (χ4n) is 3.24. The van der Waals surface area contributed by atoms with Crippen molar-refractivity contribution in [1.82, 2.24) is 9.88 Å². The smallest absolute Gasteiger partial charge is 0.312 e. The van der Waals surface area contributed by atoms with Gasteiger partial charge in [0.25, 0.3) is 5.91 Å². The molecule has 0 unspecified atom stereocenters. The number of amides is 1. The first kappa shape index (κ1) is 18.1. The molecule has 1 fully saturated rings. The van der Waals surface area contributed by atoms with Crippen LogP contribution in [0.2, 0.25) is 0 Å². The van der Waals surface area contributed by atoms with Gasteiger partial charge in [-0.3, -0.25) is 9.59 Å². The third-order valence-corrected chi connectivity index (χ3v) is 6.11. The summed E-state index contributed by atoms with van der Waals surface area (Å²) in [6.45, 7) is 3.92. The van der Waals surface area contributed by atoms with Crippen molar-refractivity contribution in [3.05, 3.63) is 27.9 Å². The maximum Gasteiger partial charge on any atom is 0.312 e. The van der Waals surface area contributed by atoms with E-state index in [1.165, 1.54) is 11.3 Å². The summed E-state index contributed by atoms with van der Waals surface area (Å²) in [6, 6.07) is 2.42. The third-order valence-electron chi connectivity index (χ3n) is 4.48. The number of thiophene rings is 1. The number of hydrogen-bond donors (Lipinski definition) is 0. The number of esters is 1. The molecule has 1 aliphatic heterocycles. The molecule has 1 aliphatic rings. The van der Waals surface area contributed by atoms with Crippen LogP contribution in [0.3, 0.4) is 0 Å². The molecule has 134 valence electrons. The normalized spacial score (nSPS) is 20.5. The molecule has 0 saturated carbocycles. The highest BCUT2D eigenvalue weighted by Gasteiger charge is 2.29. The predicted octanol–water partition coefficient (Wildman–Crippen LogP) is 3.75. The van der Waals surface area contributed by atoms with Gasteiger partial charge < -0.3 is 9.64 Å². The van der Waals surface area contributed by atoms with Gasteiger partial charge in [-0.25, -0.2) is 4.98 Å². The summed E-state index contributed by atoms with van der Waals surface area (Å²) < 4.78 is 5.19. The predicted molar refractivity (Wildman–Crippen MR) is 99.7 cm³/mol. The Morgan fingerprint density at radius 1 is 1.28 bits per heavy atom. The van der Waals surface area contributed by atoms with Crippen molar-refractivity contribution in [3.63, 3.8) is 0 Å². The summed E-state index contributed by atoms with van der Waals surface area (Å²) in [7, 11) is 0. The molecular formula is C18H22N2O3S2. The van der Waals surface area contributed by atoms with Gasteiger partial charge in [-0.05, 0) is 44.6 Å². The number of ether oxygens (including phenoxy) is 1. The Hall–Kier alpha value is -1.73. The molecule has 3 heterocycles. The monoisotopic (exact) mass is 378 g/mol. The van der Waals surface area contributed by atoms with E-state index in [0.29, 0.717) is 5.69 Å². The van der Waals surface area contributed by atoms with Crippen LogP contribution in [0.1, 0.15) is 38.8 Å². The third kappa shape index (κ3) is 4.46. The zero-order valence-corrected chi connectivity index (χ0v) is 16.1. The second kappa shape index (κ2) is 8.10. The zero-order chi connectivity index (χ0) is 17.8. The molecule has 25 heavy (non-hydrogen) atoms. The number of carbonyl (C=O) groups excluding carboxylic acids is 2. The van der Waals surface area contributed by atoms with Crippen molar-refractivity contribution in [3.8, 4) is 10.6 Å². The van der Waals surface area contributed by atoms with Crippen LogP contribution in [-0.4, -0.2) is 40.5 Å². The van der Waals surface area contributed by atoms with Crippen LogP contribution in [0, 0.1) is 0 Å². The summed E-state index contributed by atoms with van der Waals surface area (Å²) in [4.78, 5) is 30.7. The van der Waals surface area contributed by atoms with Gasteiger partial charge in [0.1, 0.15) is 5.01 Å². The maximum absolute atomic E-state index is 12.4. The van der Waals surface area contributed by atoms with Gasteiger partial charge in [0, 0.05) is 28.4 Å². The Labute approximate surface area is 155 Å². The largest absolute Gasteiger partial charge is 0.455 e. The molecule has 0 N–H and O–H groups in total. The van der Waals surface area contributed by atoms with Crippen LogP contribution < -0.4 is 0 Å². The number of nitrogens with zero attached hydrogens (tertiary/aromatic N) is 2. The van der Waals surface area contributed by atoms with Crippen molar-refractivity contribution < 1.29 is 14.3 Å². The average molecular weight is 379 g/mol. The molecule has 0 aromatic carbocycles. The van der Waals surface area contributed by atoms with E-state index in [0.717, 1.165) is 29.8 Å². The highest BCUT2D eigenvalue weighted by Crippen LogP contribution is 2.26. The average Bonchev–Trinajstić information content (AvgIpc) is 3.24. The van der Waals surface area contributed by atoms with Crippen LogP contribution >= 0.6 is 22.7 Å². The molecule has 0 radical (unpaired) electrons. The molecule has 7 heteroatoms. The Kier molecular flexibility index (Phi) is 5.86. The minimum absolute atomic E-state index is 0.0963. The summed E-state index contributed by atoms with van der Waals surface area (Å²) in [6.07, 6.45) is 3.25. The standard InChI is InChI=1S/C18H22N2O3S2/c1-12-4-3-5-13(2)20(12)16(21)9-23-17(22)8-15-11-25-18(19-15)14-6-7-24-10-14/h6-7,10-13H,3-5,8-9H2,1-2H3/t12-,13+. The Morgan fingerprint density at radius 2 is 2.04 bits per heavy atom. The van der Waals surface area contributed by atoms with Crippen LogP contribution in [0.5, 0.6) is 0 Å². The quantitative estimate of drug-likeness (QED) is 0.744. The molecule has 2 aromatic heterocycles. The van der Waals surface area contributed by atoms with Crippen molar-refractivity contribution >= 4 is 34.6 Å². The number of piperidine rings is 1. The number of hydrogen-bond acceptors (Lipinski definition) is 6. The van der Waals surface area contributed by atoms with Crippen LogP contribution in [-0.2, 0) is 20.7 Å². The lowest BCUT2D eigenvalue weighted by Gasteiger charge is -2.38. The van der Waals surface area contributed by atoms with E-state index in [9.17, 15) is 9.59 Å². The van der Waals surface area contributed by atoms with Gasteiger partial charge in [-0.2, -0.15) is 11.3 Å². The van der Waals surface area contributed by atoms with E-state index in [1.54, 1.807) is 11.3 Å². The SMILES string of the molecule is C[C@@H]1CCC[C@H](C)N1C(=O)COC(=O)Cc1csc(-c2ccsc2)n1. The minimum atomic E-state index is -0.409.